The Morgan fingerprint density at radius 1 is 1.26 bits per heavy atom. The zero-order chi connectivity index (χ0) is 13.1. The van der Waals surface area contributed by atoms with Crippen LogP contribution in [0.3, 0.4) is 0 Å². The molecule has 2 heterocycles. The van der Waals surface area contributed by atoms with Crippen LogP contribution in [0.5, 0.6) is 0 Å². The second-order valence-corrected chi connectivity index (χ2v) is 5.52. The summed E-state index contributed by atoms with van der Waals surface area (Å²) in [5.41, 5.74) is 1.17. The summed E-state index contributed by atoms with van der Waals surface area (Å²) in [6.07, 6.45) is 2.12. The first-order valence-electron chi connectivity index (χ1n) is 6.95. The second-order valence-electron chi connectivity index (χ2n) is 5.52. The molecule has 0 aliphatic carbocycles. The summed E-state index contributed by atoms with van der Waals surface area (Å²) in [5.74, 6) is -0.1000. The number of piperidine rings is 1. The number of hydrogen-bond acceptors (Lipinski definition) is 4. The van der Waals surface area contributed by atoms with E-state index >= 15 is 0 Å². The van der Waals surface area contributed by atoms with Crippen molar-refractivity contribution in [1.29, 1.82) is 0 Å². The number of esters is 1. The fourth-order valence-electron chi connectivity index (χ4n) is 3.03. The zero-order valence-corrected chi connectivity index (χ0v) is 11.0. The average Bonchev–Trinajstić information content (AvgIpc) is 2.46. The number of ether oxygens (including phenoxy) is 1. The van der Waals surface area contributed by atoms with Gasteiger partial charge in [0.1, 0.15) is 12.6 Å². The molecule has 2 fully saturated rings. The van der Waals surface area contributed by atoms with Gasteiger partial charge >= 0.3 is 5.97 Å². The Morgan fingerprint density at radius 2 is 2.00 bits per heavy atom. The molecule has 1 spiro atoms. The Kier molecular flexibility index (Phi) is 3.53. The number of benzene rings is 1. The lowest BCUT2D eigenvalue weighted by Gasteiger charge is -2.51. The first-order valence-corrected chi connectivity index (χ1v) is 6.95. The minimum Gasteiger partial charge on any atom is -0.460 e. The second kappa shape index (κ2) is 5.31. The third-order valence-corrected chi connectivity index (χ3v) is 4.33. The minimum atomic E-state index is -0.113. The first-order chi connectivity index (χ1) is 9.30. The van der Waals surface area contributed by atoms with Crippen LogP contribution in [-0.4, -0.2) is 31.6 Å². The van der Waals surface area contributed by atoms with Crippen LogP contribution in [0.4, 0.5) is 0 Å². The lowest BCUT2D eigenvalue weighted by atomic mass is 9.67. The average molecular weight is 260 g/mol. The van der Waals surface area contributed by atoms with Gasteiger partial charge in [0.05, 0.1) is 0 Å². The van der Waals surface area contributed by atoms with Gasteiger partial charge in [-0.3, -0.25) is 4.79 Å². The Hall–Kier alpha value is -1.39. The van der Waals surface area contributed by atoms with E-state index in [1.54, 1.807) is 0 Å². The van der Waals surface area contributed by atoms with Crippen LogP contribution in [-0.2, 0) is 16.1 Å². The minimum absolute atomic E-state index is 0.1000. The van der Waals surface area contributed by atoms with Crippen LogP contribution < -0.4 is 10.6 Å². The van der Waals surface area contributed by atoms with Gasteiger partial charge in [-0.1, -0.05) is 30.3 Å². The molecule has 1 aromatic rings. The van der Waals surface area contributed by atoms with E-state index in [2.05, 4.69) is 10.6 Å². The Labute approximate surface area is 113 Å². The molecule has 2 aliphatic heterocycles. The van der Waals surface area contributed by atoms with E-state index in [1.807, 2.05) is 30.3 Å². The molecule has 1 aromatic carbocycles. The summed E-state index contributed by atoms with van der Waals surface area (Å²) in [6, 6.07) is 9.71. The number of hydrogen-bond donors (Lipinski definition) is 2. The van der Waals surface area contributed by atoms with E-state index in [1.165, 1.54) is 0 Å². The topological polar surface area (TPSA) is 50.4 Å². The zero-order valence-electron chi connectivity index (χ0n) is 11.0. The number of carbonyl (C=O) groups is 1. The van der Waals surface area contributed by atoms with Crippen molar-refractivity contribution >= 4 is 5.97 Å². The third-order valence-electron chi connectivity index (χ3n) is 4.33. The maximum atomic E-state index is 12.2. The van der Waals surface area contributed by atoms with Gasteiger partial charge in [-0.2, -0.15) is 0 Å². The summed E-state index contributed by atoms with van der Waals surface area (Å²) in [4.78, 5) is 12.2. The quantitative estimate of drug-likeness (QED) is 0.798. The Morgan fingerprint density at radius 3 is 2.63 bits per heavy atom. The lowest BCUT2D eigenvalue weighted by Crippen LogP contribution is -2.68. The van der Waals surface area contributed by atoms with E-state index in [0.717, 1.165) is 38.0 Å². The van der Waals surface area contributed by atoms with Gasteiger partial charge in [-0.25, -0.2) is 0 Å². The Balaban J connectivity index is 1.56. The van der Waals surface area contributed by atoms with Crippen LogP contribution in [0, 0.1) is 5.41 Å². The molecule has 0 saturated carbocycles. The van der Waals surface area contributed by atoms with Crippen LogP contribution in [0.2, 0.25) is 0 Å². The van der Waals surface area contributed by atoms with Crippen LogP contribution >= 0.6 is 0 Å². The van der Waals surface area contributed by atoms with Crippen LogP contribution in [0.15, 0.2) is 30.3 Å². The molecular weight excluding hydrogens is 240 g/mol. The summed E-state index contributed by atoms with van der Waals surface area (Å²) in [5, 5.41) is 6.59. The molecule has 19 heavy (non-hydrogen) atoms. The van der Waals surface area contributed by atoms with Crippen molar-refractivity contribution in [2.45, 2.75) is 25.5 Å². The van der Waals surface area contributed by atoms with Gasteiger partial charge in [0.15, 0.2) is 0 Å². The molecule has 1 unspecified atom stereocenters. The predicted molar refractivity (Wildman–Crippen MR) is 72.6 cm³/mol. The maximum Gasteiger partial charge on any atom is 0.324 e. The van der Waals surface area contributed by atoms with Crippen molar-refractivity contribution in [1.82, 2.24) is 10.6 Å². The first kappa shape index (κ1) is 12.6. The van der Waals surface area contributed by atoms with E-state index in [-0.39, 0.29) is 17.4 Å². The monoisotopic (exact) mass is 260 g/mol. The van der Waals surface area contributed by atoms with E-state index in [9.17, 15) is 4.79 Å². The molecule has 4 heteroatoms. The largest absolute Gasteiger partial charge is 0.460 e. The molecular formula is C15H20N2O2. The summed E-state index contributed by atoms with van der Waals surface area (Å²) < 4.78 is 5.44. The number of carbonyl (C=O) groups excluding carboxylic acids is 1. The van der Waals surface area contributed by atoms with Gasteiger partial charge < -0.3 is 15.4 Å². The van der Waals surface area contributed by atoms with Gasteiger partial charge in [0, 0.05) is 12.0 Å². The standard InChI is InChI=1S/C15H20N2O2/c18-14(19-10-12-4-2-1-3-5-12)13-15(11-17-13)6-8-16-9-7-15/h1-5,13,16-17H,6-11H2. The van der Waals surface area contributed by atoms with Crippen molar-refractivity contribution in [2.24, 2.45) is 5.41 Å². The van der Waals surface area contributed by atoms with Crippen molar-refractivity contribution in [3.63, 3.8) is 0 Å². The van der Waals surface area contributed by atoms with Gasteiger partial charge in [0.2, 0.25) is 0 Å². The van der Waals surface area contributed by atoms with E-state index in [0.29, 0.717) is 6.61 Å². The molecule has 2 N–H and O–H groups in total. The highest BCUT2D eigenvalue weighted by atomic mass is 16.5. The predicted octanol–water partition coefficient (Wildman–Crippen LogP) is 1.07. The van der Waals surface area contributed by atoms with Crippen molar-refractivity contribution in [2.75, 3.05) is 19.6 Å². The molecule has 4 nitrogen and oxygen atoms in total. The molecule has 0 amide bonds. The smallest absolute Gasteiger partial charge is 0.324 e. The molecule has 0 radical (unpaired) electrons. The third kappa shape index (κ3) is 2.51. The normalized spacial score (nSPS) is 24.7. The van der Waals surface area contributed by atoms with Gasteiger partial charge in [0.25, 0.3) is 0 Å². The maximum absolute atomic E-state index is 12.2. The van der Waals surface area contributed by atoms with Gasteiger partial charge in [-0.05, 0) is 31.5 Å². The molecule has 3 rings (SSSR count). The van der Waals surface area contributed by atoms with E-state index < -0.39 is 0 Å². The van der Waals surface area contributed by atoms with Crippen molar-refractivity contribution in [3.8, 4) is 0 Å². The summed E-state index contributed by atoms with van der Waals surface area (Å²) in [6.45, 7) is 3.32. The fraction of sp³-hybridized carbons (Fsp3) is 0.533. The number of rotatable bonds is 3. The van der Waals surface area contributed by atoms with Crippen molar-refractivity contribution < 1.29 is 9.53 Å². The highest BCUT2D eigenvalue weighted by Crippen LogP contribution is 2.39. The molecule has 1 atom stereocenters. The summed E-state index contributed by atoms with van der Waals surface area (Å²) in [7, 11) is 0. The highest BCUT2D eigenvalue weighted by Gasteiger charge is 2.51. The molecule has 0 aromatic heterocycles. The van der Waals surface area contributed by atoms with Crippen LogP contribution in [0.25, 0.3) is 0 Å². The highest BCUT2D eigenvalue weighted by molar-refractivity contribution is 5.78. The molecule has 0 bridgehead atoms. The van der Waals surface area contributed by atoms with E-state index in [4.69, 9.17) is 4.74 Å². The van der Waals surface area contributed by atoms with Crippen molar-refractivity contribution in [3.05, 3.63) is 35.9 Å². The fourth-order valence-corrected chi connectivity index (χ4v) is 3.03. The summed E-state index contributed by atoms with van der Waals surface area (Å²) >= 11 is 0. The number of nitrogens with one attached hydrogen (secondary N) is 2. The molecule has 102 valence electrons. The van der Waals surface area contributed by atoms with Gasteiger partial charge in [-0.15, -0.1) is 0 Å². The molecule has 2 aliphatic rings. The SMILES string of the molecule is O=C(OCc1ccccc1)C1NCC12CCNCC2. The lowest BCUT2D eigenvalue weighted by molar-refractivity contribution is -0.157. The molecule has 2 saturated heterocycles. The van der Waals surface area contributed by atoms with Crippen LogP contribution in [0.1, 0.15) is 18.4 Å². The Bertz CT molecular complexity index is 441.